The quantitative estimate of drug-likeness (QED) is 0.388. The van der Waals surface area contributed by atoms with Gasteiger partial charge in [-0.15, -0.1) is 0 Å². The summed E-state index contributed by atoms with van der Waals surface area (Å²) in [6.07, 6.45) is 7.74. The third kappa shape index (κ3) is 3.74. The van der Waals surface area contributed by atoms with Gasteiger partial charge in [-0.3, -0.25) is 11.3 Å². The van der Waals surface area contributed by atoms with Crippen molar-refractivity contribution >= 4 is 0 Å². The van der Waals surface area contributed by atoms with E-state index >= 15 is 0 Å². The molecule has 90 valence electrons. The van der Waals surface area contributed by atoms with E-state index in [1.54, 1.807) is 0 Å². The Morgan fingerprint density at radius 3 is 2.80 bits per heavy atom. The number of ether oxygens (including phenoxy) is 1. The van der Waals surface area contributed by atoms with Crippen molar-refractivity contribution in [2.45, 2.75) is 64.5 Å². The van der Waals surface area contributed by atoms with Crippen LogP contribution < -0.4 is 11.3 Å². The summed E-state index contributed by atoms with van der Waals surface area (Å²) in [7, 11) is 0. The number of nitrogens with two attached hydrogens (primary N) is 1. The molecule has 1 rings (SSSR count). The van der Waals surface area contributed by atoms with Gasteiger partial charge in [0, 0.05) is 18.6 Å². The number of hydrogen-bond donors (Lipinski definition) is 2. The van der Waals surface area contributed by atoms with Crippen molar-refractivity contribution in [3.8, 4) is 0 Å². The third-order valence-corrected chi connectivity index (χ3v) is 3.51. The minimum atomic E-state index is 0.424. The van der Waals surface area contributed by atoms with Crippen LogP contribution in [0, 0.1) is 5.92 Å². The highest BCUT2D eigenvalue weighted by Gasteiger charge is 2.32. The van der Waals surface area contributed by atoms with Crippen molar-refractivity contribution in [3.05, 3.63) is 0 Å². The molecule has 0 aliphatic carbocycles. The van der Waals surface area contributed by atoms with E-state index in [0.29, 0.717) is 18.1 Å². The van der Waals surface area contributed by atoms with Crippen LogP contribution in [0.4, 0.5) is 0 Å². The van der Waals surface area contributed by atoms with Crippen LogP contribution in [-0.4, -0.2) is 18.8 Å². The van der Waals surface area contributed by atoms with Crippen LogP contribution in [0.3, 0.4) is 0 Å². The Labute approximate surface area is 93.7 Å². The molecule has 0 aromatic heterocycles. The molecule has 1 saturated heterocycles. The molecule has 1 aliphatic rings. The van der Waals surface area contributed by atoms with Crippen LogP contribution in [0.5, 0.6) is 0 Å². The average Bonchev–Trinajstić information content (AvgIpc) is 2.72. The number of unbranched alkanes of at least 4 members (excludes halogenated alkanes) is 2. The zero-order valence-corrected chi connectivity index (χ0v) is 10.2. The van der Waals surface area contributed by atoms with Crippen molar-refractivity contribution < 1.29 is 4.74 Å². The normalized spacial score (nSPS) is 28.2. The van der Waals surface area contributed by atoms with Crippen molar-refractivity contribution in [1.29, 1.82) is 0 Å². The predicted octanol–water partition coefficient (Wildman–Crippen LogP) is 2.21. The number of rotatable bonds is 7. The molecule has 0 aromatic rings. The second-order valence-corrected chi connectivity index (χ2v) is 4.54. The SMILES string of the molecule is CCCCCC(NN)C1CCOC1CC. The zero-order chi connectivity index (χ0) is 11.1. The minimum absolute atomic E-state index is 0.424. The van der Waals surface area contributed by atoms with Crippen LogP contribution >= 0.6 is 0 Å². The van der Waals surface area contributed by atoms with Crippen molar-refractivity contribution in [1.82, 2.24) is 5.43 Å². The Morgan fingerprint density at radius 1 is 1.40 bits per heavy atom. The lowest BCUT2D eigenvalue weighted by Gasteiger charge is -2.26. The van der Waals surface area contributed by atoms with Gasteiger partial charge in [-0.05, 0) is 19.3 Å². The molecule has 3 nitrogen and oxygen atoms in total. The molecular weight excluding hydrogens is 188 g/mol. The smallest absolute Gasteiger partial charge is 0.0616 e. The number of hydrogen-bond acceptors (Lipinski definition) is 3. The molecule has 15 heavy (non-hydrogen) atoms. The molecular formula is C12H26N2O. The maximum Gasteiger partial charge on any atom is 0.0616 e. The van der Waals surface area contributed by atoms with Gasteiger partial charge in [-0.1, -0.05) is 33.1 Å². The lowest BCUT2D eigenvalue weighted by atomic mass is 9.88. The largest absolute Gasteiger partial charge is 0.378 e. The van der Waals surface area contributed by atoms with Gasteiger partial charge in [-0.25, -0.2) is 0 Å². The van der Waals surface area contributed by atoms with Gasteiger partial charge in [0.1, 0.15) is 0 Å². The molecule has 1 aliphatic heterocycles. The van der Waals surface area contributed by atoms with Crippen LogP contribution in [0.2, 0.25) is 0 Å². The first-order chi connectivity index (χ1) is 7.33. The van der Waals surface area contributed by atoms with Gasteiger partial charge in [0.2, 0.25) is 0 Å². The Balaban J connectivity index is 2.35. The molecule has 3 unspecified atom stereocenters. The Bertz CT molecular complexity index is 164. The molecule has 1 fully saturated rings. The van der Waals surface area contributed by atoms with E-state index in [4.69, 9.17) is 10.6 Å². The highest BCUT2D eigenvalue weighted by Crippen LogP contribution is 2.28. The summed E-state index contributed by atoms with van der Waals surface area (Å²) in [5.41, 5.74) is 2.99. The van der Waals surface area contributed by atoms with E-state index in [1.807, 2.05) is 0 Å². The molecule has 1 heterocycles. The third-order valence-electron chi connectivity index (χ3n) is 3.51. The maximum atomic E-state index is 5.71. The summed E-state index contributed by atoms with van der Waals surface area (Å²) >= 11 is 0. The van der Waals surface area contributed by atoms with E-state index < -0.39 is 0 Å². The molecule has 0 aromatic carbocycles. The number of hydrazine groups is 1. The van der Waals surface area contributed by atoms with Crippen molar-refractivity contribution in [2.24, 2.45) is 11.8 Å². The van der Waals surface area contributed by atoms with E-state index in [2.05, 4.69) is 19.3 Å². The van der Waals surface area contributed by atoms with Gasteiger partial charge in [0.05, 0.1) is 6.10 Å². The fourth-order valence-electron chi connectivity index (χ4n) is 2.58. The van der Waals surface area contributed by atoms with Gasteiger partial charge in [0.15, 0.2) is 0 Å². The highest BCUT2D eigenvalue weighted by molar-refractivity contribution is 4.84. The highest BCUT2D eigenvalue weighted by atomic mass is 16.5. The Morgan fingerprint density at radius 2 is 2.20 bits per heavy atom. The lowest BCUT2D eigenvalue weighted by Crippen LogP contribution is -2.43. The van der Waals surface area contributed by atoms with Crippen LogP contribution in [0.15, 0.2) is 0 Å². The average molecular weight is 214 g/mol. The molecule has 3 atom stereocenters. The van der Waals surface area contributed by atoms with E-state index in [0.717, 1.165) is 13.0 Å². The summed E-state index contributed by atoms with van der Waals surface area (Å²) in [6.45, 7) is 5.34. The fraction of sp³-hybridized carbons (Fsp3) is 1.00. The summed E-state index contributed by atoms with van der Waals surface area (Å²) in [5.74, 6) is 6.27. The maximum absolute atomic E-state index is 5.71. The minimum Gasteiger partial charge on any atom is -0.378 e. The van der Waals surface area contributed by atoms with Gasteiger partial charge >= 0.3 is 0 Å². The van der Waals surface area contributed by atoms with Crippen LogP contribution in [0.1, 0.15) is 52.4 Å². The summed E-state index contributed by atoms with van der Waals surface area (Å²) < 4.78 is 5.71. The molecule has 0 bridgehead atoms. The number of nitrogens with one attached hydrogen (secondary N) is 1. The lowest BCUT2D eigenvalue weighted by molar-refractivity contribution is 0.0761. The van der Waals surface area contributed by atoms with Crippen molar-refractivity contribution in [3.63, 3.8) is 0 Å². The second kappa shape index (κ2) is 7.20. The molecule has 3 N–H and O–H groups in total. The van der Waals surface area contributed by atoms with Gasteiger partial charge in [0.25, 0.3) is 0 Å². The standard InChI is InChI=1S/C12H26N2O/c1-3-5-6-7-11(14-13)10-8-9-15-12(10)4-2/h10-12,14H,3-9,13H2,1-2H3. The van der Waals surface area contributed by atoms with E-state index in [-0.39, 0.29) is 0 Å². The van der Waals surface area contributed by atoms with Crippen LogP contribution in [-0.2, 0) is 4.74 Å². The first kappa shape index (κ1) is 12.9. The second-order valence-electron chi connectivity index (χ2n) is 4.54. The molecule has 0 spiro atoms. The molecule has 0 radical (unpaired) electrons. The Hall–Kier alpha value is -0.120. The summed E-state index contributed by atoms with van der Waals surface area (Å²) in [6, 6.07) is 0.448. The monoisotopic (exact) mass is 214 g/mol. The Kier molecular flexibility index (Phi) is 6.22. The van der Waals surface area contributed by atoms with E-state index in [9.17, 15) is 0 Å². The van der Waals surface area contributed by atoms with E-state index in [1.165, 1.54) is 32.1 Å². The van der Waals surface area contributed by atoms with Crippen LogP contribution in [0.25, 0.3) is 0 Å². The summed E-state index contributed by atoms with van der Waals surface area (Å²) in [5, 5.41) is 0. The zero-order valence-electron chi connectivity index (χ0n) is 10.2. The molecule has 3 heteroatoms. The molecule has 0 amide bonds. The topological polar surface area (TPSA) is 47.3 Å². The first-order valence-electron chi connectivity index (χ1n) is 6.41. The predicted molar refractivity (Wildman–Crippen MR) is 63.4 cm³/mol. The van der Waals surface area contributed by atoms with Crippen molar-refractivity contribution in [2.75, 3.05) is 6.61 Å². The van der Waals surface area contributed by atoms with Gasteiger partial charge in [-0.2, -0.15) is 0 Å². The molecule has 0 saturated carbocycles. The van der Waals surface area contributed by atoms with Gasteiger partial charge < -0.3 is 4.74 Å². The summed E-state index contributed by atoms with van der Waals surface area (Å²) in [4.78, 5) is 0. The fourth-order valence-corrected chi connectivity index (χ4v) is 2.58. The first-order valence-corrected chi connectivity index (χ1v) is 6.41.